The van der Waals surface area contributed by atoms with Crippen LogP contribution in [-0.2, 0) is 0 Å². The molecule has 2 rings (SSSR count). The monoisotopic (exact) mass is 138 g/mol. The zero-order valence-corrected chi connectivity index (χ0v) is 6.97. The molecule has 0 nitrogen and oxygen atoms in total. The molecule has 0 heterocycles. The Morgan fingerprint density at radius 2 is 1.90 bits per heavy atom. The molecule has 0 aromatic heterocycles. The van der Waals surface area contributed by atoms with Gasteiger partial charge >= 0.3 is 0 Å². The highest BCUT2D eigenvalue weighted by Crippen LogP contribution is 2.51. The van der Waals surface area contributed by atoms with E-state index in [0.717, 1.165) is 5.92 Å². The third kappa shape index (κ3) is 0.889. The molecule has 2 unspecified atom stereocenters. The molecule has 2 aliphatic carbocycles. The first-order valence-corrected chi connectivity index (χ1v) is 4.92. The molecule has 10 heavy (non-hydrogen) atoms. The fourth-order valence-corrected chi connectivity index (χ4v) is 2.95. The Bertz CT molecular complexity index is 115. The van der Waals surface area contributed by atoms with E-state index in [2.05, 4.69) is 6.92 Å². The van der Waals surface area contributed by atoms with E-state index in [9.17, 15) is 0 Å². The molecule has 2 saturated carbocycles. The van der Waals surface area contributed by atoms with Crippen LogP contribution >= 0.6 is 0 Å². The summed E-state index contributed by atoms with van der Waals surface area (Å²) in [6, 6.07) is 0. The molecule has 0 saturated heterocycles. The van der Waals surface area contributed by atoms with Gasteiger partial charge in [0.1, 0.15) is 0 Å². The molecule has 0 spiro atoms. The zero-order chi connectivity index (χ0) is 6.97. The van der Waals surface area contributed by atoms with Crippen LogP contribution in [0.2, 0.25) is 0 Å². The van der Waals surface area contributed by atoms with Gasteiger partial charge in [-0.25, -0.2) is 0 Å². The largest absolute Gasteiger partial charge is 0.0654 e. The maximum Gasteiger partial charge on any atom is -0.0357 e. The van der Waals surface area contributed by atoms with Crippen LogP contribution in [0.3, 0.4) is 0 Å². The van der Waals surface area contributed by atoms with Crippen molar-refractivity contribution >= 4 is 0 Å². The lowest BCUT2D eigenvalue weighted by molar-refractivity contribution is 0.165. The summed E-state index contributed by atoms with van der Waals surface area (Å²) in [5.41, 5.74) is 0. The number of hydrogen-bond donors (Lipinski definition) is 0. The van der Waals surface area contributed by atoms with E-state index in [0.29, 0.717) is 0 Å². The molecule has 0 N–H and O–H groups in total. The van der Waals surface area contributed by atoms with Crippen LogP contribution in [-0.4, -0.2) is 0 Å². The second-order valence-electron chi connectivity index (χ2n) is 4.13. The van der Waals surface area contributed by atoms with Gasteiger partial charge in [0.05, 0.1) is 0 Å². The Hall–Kier alpha value is 0. The van der Waals surface area contributed by atoms with Gasteiger partial charge in [0.25, 0.3) is 0 Å². The summed E-state index contributed by atoms with van der Waals surface area (Å²) in [4.78, 5) is 0. The van der Waals surface area contributed by atoms with Crippen LogP contribution in [0.1, 0.15) is 45.4 Å². The Morgan fingerprint density at radius 1 is 1.10 bits per heavy atom. The molecule has 0 aromatic carbocycles. The minimum atomic E-state index is 1.14. The van der Waals surface area contributed by atoms with Gasteiger partial charge in [0.15, 0.2) is 0 Å². The van der Waals surface area contributed by atoms with Crippen LogP contribution in [0.4, 0.5) is 0 Å². The SMILES string of the molecule is CCCC1CCC2CC[C@H]12. The van der Waals surface area contributed by atoms with E-state index in [4.69, 9.17) is 0 Å². The summed E-state index contributed by atoms with van der Waals surface area (Å²) in [5, 5.41) is 0. The van der Waals surface area contributed by atoms with Crippen LogP contribution in [0.25, 0.3) is 0 Å². The summed E-state index contributed by atoms with van der Waals surface area (Å²) < 4.78 is 0. The lowest BCUT2D eigenvalue weighted by Crippen LogP contribution is -2.24. The van der Waals surface area contributed by atoms with Crippen LogP contribution in [0.15, 0.2) is 0 Å². The average Bonchev–Trinajstić information content (AvgIpc) is 2.08. The average molecular weight is 138 g/mol. The standard InChI is InChI=1S/C10H18/c1-2-3-8-4-5-9-6-7-10(8)9/h8-10H,2-7H2,1H3/t8?,9?,10-/m1/s1. The minimum Gasteiger partial charge on any atom is -0.0654 e. The fourth-order valence-electron chi connectivity index (χ4n) is 2.95. The molecule has 0 heteroatoms. The van der Waals surface area contributed by atoms with E-state index >= 15 is 0 Å². The molecular formula is C10H18. The van der Waals surface area contributed by atoms with Crippen molar-refractivity contribution in [1.29, 1.82) is 0 Å². The van der Waals surface area contributed by atoms with Crippen molar-refractivity contribution in [3.63, 3.8) is 0 Å². The van der Waals surface area contributed by atoms with Gasteiger partial charge in [-0.1, -0.05) is 19.8 Å². The molecule has 0 aliphatic heterocycles. The molecule has 0 amide bonds. The van der Waals surface area contributed by atoms with Gasteiger partial charge in [0, 0.05) is 0 Å². The number of rotatable bonds is 2. The number of fused-ring (bicyclic) bond motifs is 1. The van der Waals surface area contributed by atoms with Crippen molar-refractivity contribution < 1.29 is 0 Å². The Balaban J connectivity index is 1.87. The second kappa shape index (κ2) is 2.56. The predicted octanol–water partition coefficient (Wildman–Crippen LogP) is 3.22. The maximum atomic E-state index is 2.33. The molecule has 2 aliphatic rings. The molecule has 2 fully saturated rings. The van der Waals surface area contributed by atoms with Gasteiger partial charge in [0.2, 0.25) is 0 Å². The van der Waals surface area contributed by atoms with E-state index < -0.39 is 0 Å². The normalized spacial score (nSPS) is 44.7. The molecule has 0 bridgehead atoms. The zero-order valence-electron chi connectivity index (χ0n) is 6.97. The van der Waals surface area contributed by atoms with Gasteiger partial charge in [-0.05, 0) is 43.4 Å². The summed E-state index contributed by atoms with van der Waals surface area (Å²) in [6.07, 6.45) is 9.17. The van der Waals surface area contributed by atoms with Crippen molar-refractivity contribution in [3.8, 4) is 0 Å². The highest BCUT2D eigenvalue weighted by Gasteiger charge is 2.41. The van der Waals surface area contributed by atoms with E-state index in [1.807, 2.05) is 0 Å². The van der Waals surface area contributed by atoms with Crippen molar-refractivity contribution in [2.75, 3.05) is 0 Å². The summed E-state index contributed by atoms with van der Waals surface area (Å²) in [6.45, 7) is 2.33. The van der Waals surface area contributed by atoms with Gasteiger partial charge in [-0.15, -0.1) is 0 Å². The van der Waals surface area contributed by atoms with Gasteiger partial charge < -0.3 is 0 Å². The quantitative estimate of drug-likeness (QED) is 0.549. The maximum absolute atomic E-state index is 2.33. The lowest BCUT2D eigenvalue weighted by Gasteiger charge is -2.34. The summed E-state index contributed by atoms with van der Waals surface area (Å²) >= 11 is 0. The van der Waals surface area contributed by atoms with E-state index in [-0.39, 0.29) is 0 Å². The Kier molecular flexibility index (Phi) is 1.71. The van der Waals surface area contributed by atoms with Crippen LogP contribution < -0.4 is 0 Å². The van der Waals surface area contributed by atoms with Crippen molar-refractivity contribution in [2.24, 2.45) is 17.8 Å². The van der Waals surface area contributed by atoms with Gasteiger partial charge in [-0.2, -0.15) is 0 Å². The van der Waals surface area contributed by atoms with Crippen molar-refractivity contribution in [3.05, 3.63) is 0 Å². The topological polar surface area (TPSA) is 0 Å². The first-order valence-electron chi connectivity index (χ1n) is 4.92. The van der Waals surface area contributed by atoms with E-state index in [1.165, 1.54) is 24.7 Å². The molecule has 3 atom stereocenters. The predicted molar refractivity (Wildman–Crippen MR) is 43.8 cm³/mol. The number of hydrogen-bond acceptors (Lipinski definition) is 0. The minimum absolute atomic E-state index is 1.14. The highest BCUT2D eigenvalue weighted by atomic mass is 14.5. The molecule has 0 radical (unpaired) electrons. The first kappa shape index (κ1) is 6.69. The first-order chi connectivity index (χ1) is 4.92. The van der Waals surface area contributed by atoms with Crippen LogP contribution in [0.5, 0.6) is 0 Å². The molecular weight excluding hydrogens is 120 g/mol. The van der Waals surface area contributed by atoms with E-state index in [1.54, 1.807) is 25.7 Å². The molecule has 58 valence electrons. The Morgan fingerprint density at radius 3 is 2.40 bits per heavy atom. The van der Waals surface area contributed by atoms with Crippen molar-refractivity contribution in [1.82, 2.24) is 0 Å². The lowest BCUT2D eigenvalue weighted by atomic mass is 9.72. The third-order valence-electron chi connectivity index (χ3n) is 3.65. The second-order valence-corrected chi connectivity index (χ2v) is 4.13. The smallest absolute Gasteiger partial charge is 0.0357 e. The summed E-state index contributed by atoms with van der Waals surface area (Å²) in [5.74, 6) is 3.50. The fraction of sp³-hybridized carbons (Fsp3) is 1.00. The Labute approximate surface area is 64.0 Å². The summed E-state index contributed by atoms with van der Waals surface area (Å²) in [7, 11) is 0. The highest BCUT2D eigenvalue weighted by molar-refractivity contribution is 4.91. The third-order valence-corrected chi connectivity index (χ3v) is 3.65. The van der Waals surface area contributed by atoms with Crippen molar-refractivity contribution in [2.45, 2.75) is 45.4 Å². The van der Waals surface area contributed by atoms with Gasteiger partial charge in [-0.3, -0.25) is 0 Å². The molecule has 0 aromatic rings. The van der Waals surface area contributed by atoms with Crippen LogP contribution in [0, 0.1) is 17.8 Å².